The van der Waals surface area contributed by atoms with Gasteiger partial charge < -0.3 is 24.4 Å². The summed E-state index contributed by atoms with van der Waals surface area (Å²) in [4.78, 5) is 13.6. The highest BCUT2D eigenvalue weighted by molar-refractivity contribution is 6.01. The van der Waals surface area contributed by atoms with Gasteiger partial charge in [-0.15, -0.1) is 0 Å². The molecule has 2 aliphatic rings. The van der Waals surface area contributed by atoms with Gasteiger partial charge in [-0.05, 0) is 43.0 Å². The molecule has 0 fully saturated rings. The summed E-state index contributed by atoms with van der Waals surface area (Å²) in [5.41, 5.74) is 4.96. The number of allylic oxidation sites excluding steroid dienone is 2. The fourth-order valence-corrected chi connectivity index (χ4v) is 4.90. The molecule has 2 atom stereocenters. The summed E-state index contributed by atoms with van der Waals surface area (Å²) in [5.74, 6) is 1.66. The molecule has 164 valence electrons. The monoisotopic (exact) mass is 432 g/mol. The van der Waals surface area contributed by atoms with Crippen molar-refractivity contribution in [2.75, 3.05) is 19.5 Å². The Morgan fingerprint density at radius 1 is 1.09 bits per heavy atom. The molecule has 0 bridgehead atoms. The van der Waals surface area contributed by atoms with Crippen LogP contribution in [-0.4, -0.2) is 30.3 Å². The zero-order valence-corrected chi connectivity index (χ0v) is 18.1. The van der Waals surface area contributed by atoms with Crippen LogP contribution in [0.4, 0.5) is 5.88 Å². The number of rotatable bonds is 4. The number of aryl methyl sites for hydroxylation is 1. The molecule has 1 aliphatic heterocycles. The van der Waals surface area contributed by atoms with E-state index in [2.05, 4.69) is 10.5 Å². The number of aromatic hydroxyl groups is 1. The van der Waals surface area contributed by atoms with Gasteiger partial charge in [0.1, 0.15) is 5.75 Å². The Bertz CT molecular complexity index is 1230. The molecule has 32 heavy (non-hydrogen) atoms. The van der Waals surface area contributed by atoms with Gasteiger partial charge in [-0.2, -0.15) is 0 Å². The number of ketones is 1. The molecule has 7 heteroatoms. The van der Waals surface area contributed by atoms with Gasteiger partial charge in [-0.25, -0.2) is 0 Å². The smallest absolute Gasteiger partial charge is 0.233 e. The molecule has 0 unspecified atom stereocenters. The fourth-order valence-electron chi connectivity index (χ4n) is 4.90. The number of para-hydroxylation sites is 1. The van der Waals surface area contributed by atoms with Crippen molar-refractivity contribution in [3.05, 3.63) is 76.1 Å². The highest BCUT2D eigenvalue weighted by Gasteiger charge is 2.42. The molecular weight excluding hydrogens is 408 g/mol. The minimum atomic E-state index is -0.370. The minimum absolute atomic E-state index is 0.00720. The van der Waals surface area contributed by atoms with Crippen LogP contribution in [0.2, 0.25) is 0 Å². The molecule has 0 radical (unpaired) electrons. The van der Waals surface area contributed by atoms with Crippen LogP contribution in [0.3, 0.4) is 0 Å². The molecule has 5 rings (SSSR count). The number of carbonyl (C=O) groups excluding carboxylic acids is 1. The first-order valence-electron chi connectivity index (χ1n) is 10.5. The van der Waals surface area contributed by atoms with E-state index in [4.69, 9.17) is 14.0 Å². The van der Waals surface area contributed by atoms with Gasteiger partial charge >= 0.3 is 0 Å². The maximum absolute atomic E-state index is 13.6. The van der Waals surface area contributed by atoms with E-state index in [1.165, 1.54) is 0 Å². The Hall–Kier alpha value is -3.74. The summed E-state index contributed by atoms with van der Waals surface area (Å²) in [7, 11) is 3.20. The summed E-state index contributed by atoms with van der Waals surface area (Å²) in [6, 6.07) is 12.7. The number of hydrogen-bond acceptors (Lipinski definition) is 7. The van der Waals surface area contributed by atoms with Gasteiger partial charge in [0, 0.05) is 23.3 Å². The normalized spacial score (nSPS) is 19.8. The van der Waals surface area contributed by atoms with Crippen LogP contribution in [-0.2, 0) is 4.79 Å². The van der Waals surface area contributed by atoms with Crippen molar-refractivity contribution in [3.63, 3.8) is 0 Å². The standard InChI is InChI=1S/C25H24N2O5/c1-13-21-22(17-5-4-6-20(30-2)24(17)31-3)23-18(26-25(21)32-27-13)11-15(12-19(23)29)14-7-9-16(28)10-8-14/h4-10,15,22,26,28H,11-12H2,1-3H3/t15-,22+/m1/s1. The zero-order valence-electron chi connectivity index (χ0n) is 18.1. The third-order valence-corrected chi connectivity index (χ3v) is 6.37. The molecule has 0 saturated carbocycles. The van der Waals surface area contributed by atoms with E-state index >= 15 is 0 Å². The Labute approximate surface area is 185 Å². The Morgan fingerprint density at radius 2 is 1.88 bits per heavy atom. The summed E-state index contributed by atoms with van der Waals surface area (Å²) in [6.07, 6.45) is 1.03. The number of methoxy groups -OCH3 is 2. The first-order valence-corrected chi connectivity index (χ1v) is 10.5. The number of nitrogens with one attached hydrogen (secondary N) is 1. The lowest BCUT2D eigenvalue weighted by atomic mass is 9.72. The number of fused-ring (bicyclic) bond motifs is 1. The first-order chi connectivity index (χ1) is 15.5. The second-order valence-electron chi connectivity index (χ2n) is 8.16. The molecule has 1 aliphatic carbocycles. The summed E-state index contributed by atoms with van der Waals surface area (Å²) >= 11 is 0. The predicted octanol–water partition coefficient (Wildman–Crippen LogP) is 4.66. The van der Waals surface area contributed by atoms with Gasteiger partial charge in [0.15, 0.2) is 17.3 Å². The largest absolute Gasteiger partial charge is 0.508 e. The molecule has 0 saturated heterocycles. The van der Waals surface area contributed by atoms with E-state index in [1.54, 1.807) is 26.4 Å². The summed E-state index contributed by atoms with van der Waals surface area (Å²) < 4.78 is 16.8. The molecule has 1 aromatic heterocycles. The van der Waals surface area contributed by atoms with E-state index in [-0.39, 0.29) is 23.4 Å². The number of anilines is 1. The van der Waals surface area contributed by atoms with Crippen molar-refractivity contribution < 1.29 is 23.9 Å². The number of carbonyl (C=O) groups is 1. The maximum atomic E-state index is 13.6. The van der Waals surface area contributed by atoms with Crippen molar-refractivity contribution in [1.82, 2.24) is 5.16 Å². The van der Waals surface area contributed by atoms with Gasteiger partial charge in [-0.3, -0.25) is 4.79 Å². The molecule has 2 heterocycles. The first kappa shape index (κ1) is 20.2. The van der Waals surface area contributed by atoms with E-state index in [9.17, 15) is 9.90 Å². The summed E-state index contributed by atoms with van der Waals surface area (Å²) in [6.45, 7) is 1.88. The van der Waals surface area contributed by atoms with Gasteiger partial charge in [0.25, 0.3) is 0 Å². The van der Waals surface area contributed by atoms with E-state index in [0.29, 0.717) is 35.8 Å². The third-order valence-electron chi connectivity index (χ3n) is 6.37. The van der Waals surface area contributed by atoms with Crippen molar-refractivity contribution in [3.8, 4) is 17.2 Å². The molecule has 7 nitrogen and oxygen atoms in total. The number of phenolic OH excluding ortho intramolecular Hbond substituents is 1. The van der Waals surface area contributed by atoms with E-state index in [0.717, 1.165) is 28.1 Å². The van der Waals surface area contributed by atoms with Crippen molar-refractivity contribution >= 4 is 11.7 Å². The van der Waals surface area contributed by atoms with Gasteiger partial charge in [0.05, 0.1) is 31.4 Å². The molecule has 2 aromatic carbocycles. The number of nitrogens with zero attached hydrogens (tertiary/aromatic N) is 1. The van der Waals surface area contributed by atoms with Crippen LogP contribution in [0, 0.1) is 6.92 Å². The lowest BCUT2D eigenvalue weighted by Crippen LogP contribution is -2.29. The third kappa shape index (κ3) is 3.12. The Morgan fingerprint density at radius 3 is 2.59 bits per heavy atom. The van der Waals surface area contributed by atoms with E-state index in [1.807, 2.05) is 37.3 Å². The van der Waals surface area contributed by atoms with E-state index < -0.39 is 0 Å². The van der Waals surface area contributed by atoms with Gasteiger partial charge in [-0.1, -0.05) is 29.4 Å². The second-order valence-corrected chi connectivity index (χ2v) is 8.16. The number of benzene rings is 2. The SMILES string of the molecule is COc1cccc([C@@H]2C3=C(C[C@@H](c4ccc(O)cc4)CC3=O)Nc3onc(C)c32)c1OC. The highest BCUT2D eigenvalue weighted by Crippen LogP contribution is 2.51. The second kappa shape index (κ2) is 7.75. The summed E-state index contributed by atoms with van der Waals surface area (Å²) in [5, 5.41) is 17.1. The number of aromatic nitrogens is 1. The van der Waals surface area contributed by atoms with Crippen molar-refractivity contribution in [2.45, 2.75) is 31.6 Å². The minimum Gasteiger partial charge on any atom is -0.508 e. The topological polar surface area (TPSA) is 93.8 Å². The Kier molecular flexibility index (Phi) is 4.89. The molecular formula is C25H24N2O5. The van der Waals surface area contributed by atoms with Crippen LogP contribution in [0.1, 0.15) is 47.1 Å². The molecule has 0 amide bonds. The van der Waals surface area contributed by atoms with Crippen molar-refractivity contribution in [1.29, 1.82) is 0 Å². The molecule has 2 N–H and O–H groups in total. The number of phenols is 1. The molecule has 3 aromatic rings. The van der Waals surface area contributed by atoms with Crippen LogP contribution in [0.25, 0.3) is 0 Å². The van der Waals surface area contributed by atoms with Gasteiger partial charge in [0.2, 0.25) is 5.88 Å². The maximum Gasteiger partial charge on any atom is 0.233 e. The average molecular weight is 432 g/mol. The fraction of sp³-hybridized carbons (Fsp3) is 0.280. The molecule has 0 spiro atoms. The quantitative estimate of drug-likeness (QED) is 0.619. The average Bonchev–Trinajstić information content (AvgIpc) is 3.17. The van der Waals surface area contributed by atoms with Crippen LogP contribution >= 0.6 is 0 Å². The number of Topliss-reactive ketones (excluding diaryl/α,β-unsaturated/α-hetero) is 1. The Balaban J connectivity index is 1.66. The zero-order chi connectivity index (χ0) is 22.4. The lowest BCUT2D eigenvalue weighted by Gasteiger charge is -2.35. The van der Waals surface area contributed by atoms with Crippen LogP contribution in [0.15, 0.2) is 58.3 Å². The lowest BCUT2D eigenvalue weighted by molar-refractivity contribution is -0.116. The number of hydrogen-bond donors (Lipinski definition) is 2. The van der Waals surface area contributed by atoms with Crippen LogP contribution < -0.4 is 14.8 Å². The predicted molar refractivity (Wildman–Crippen MR) is 118 cm³/mol. The van der Waals surface area contributed by atoms with Crippen molar-refractivity contribution in [2.24, 2.45) is 0 Å². The van der Waals surface area contributed by atoms with Crippen LogP contribution in [0.5, 0.6) is 17.2 Å². The number of ether oxygens (including phenoxy) is 2. The highest BCUT2D eigenvalue weighted by atomic mass is 16.5.